The van der Waals surface area contributed by atoms with Crippen molar-refractivity contribution in [3.05, 3.63) is 94.6 Å². The predicted molar refractivity (Wildman–Crippen MR) is 107 cm³/mol. The van der Waals surface area contributed by atoms with Crippen molar-refractivity contribution >= 4 is 17.2 Å². The molecule has 0 aliphatic heterocycles. The van der Waals surface area contributed by atoms with E-state index in [-0.39, 0.29) is 11.3 Å². The smallest absolute Gasteiger partial charge is 0.336 e. The number of benzene rings is 3. The Bertz CT molecular complexity index is 1070. The number of nitro groups is 1. The molecule has 3 aromatic carbocycles. The van der Waals surface area contributed by atoms with Gasteiger partial charge in [-0.2, -0.15) is 0 Å². The van der Waals surface area contributed by atoms with Gasteiger partial charge in [-0.15, -0.1) is 0 Å². The summed E-state index contributed by atoms with van der Waals surface area (Å²) in [5, 5.41) is 20.1. The van der Waals surface area contributed by atoms with Crippen molar-refractivity contribution in [1.82, 2.24) is 0 Å². The van der Waals surface area contributed by atoms with Crippen LogP contribution in [0, 0.1) is 10.1 Å². The van der Waals surface area contributed by atoms with E-state index in [9.17, 15) is 20.0 Å². The van der Waals surface area contributed by atoms with Crippen LogP contribution in [0.1, 0.15) is 12.5 Å². The van der Waals surface area contributed by atoms with E-state index in [1.807, 2.05) is 0 Å². The first-order valence-electron chi connectivity index (χ1n) is 8.67. The van der Waals surface area contributed by atoms with E-state index in [0.29, 0.717) is 28.6 Å². The molecule has 0 aliphatic carbocycles. The van der Waals surface area contributed by atoms with E-state index in [2.05, 4.69) is 0 Å². The lowest BCUT2D eigenvalue weighted by Crippen LogP contribution is -2.01. The highest BCUT2D eigenvalue weighted by Crippen LogP contribution is 2.33. The van der Waals surface area contributed by atoms with Crippen LogP contribution >= 0.6 is 0 Å². The molecule has 7 nitrogen and oxygen atoms in total. The second-order valence-corrected chi connectivity index (χ2v) is 5.93. The molecule has 0 saturated heterocycles. The van der Waals surface area contributed by atoms with Gasteiger partial charge in [0.05, 0.1) is 10.5 Å². The van der Waals surface area contributed by atoms with Crippen molar-refractivity contribution < 1.29 is 24.3 Å². The quantitative estimate of drug-likeness (QED) is 0.317. The van der Waals surface area contributed by atoms with Crippen LogP contribution in [-0.4, -0.2) is 16.0 Å². The van der Waals surface area contributed by atoms with Gasteiger partial charge in [0.15, 0.2) is 0 Å². The number of nitro benzene ring substituents is 1. The van der Waals surface area contributed by atoms with E-state index in [1.165, 1.54) is 30.3 Å². The van der Waals surface area contributed by atoms with Crippen molar-refractivity contribution in [3.8, 4) is 23.0 Å². The molecule has 146 valence electrons. The van der Waals surface area contributed by atoms with Crippen LogP contribution in [-0.2, 0) is 4.79 Å². The molecule has 0 spiro atoms. The molecule has 7 heteroatoms. The molecule has 1 N–H and O–H groups in total. The van der Waals surface area contributed by atoms with Gasteiger partial charge in [-0.05, 0) is 37.3 Å². The molecule has 0 unspecified atom stereocenters. The van der Waals surface area contributed by atoms with Crippen LogP contribution in [0.2, 0.25) is 0 Å². The highest BCUT2D eigenvalue weighted by atomic mass is 16.6. The number of nitrogens with zero attached hydrogens (tertiary/aromatic N) is 1. The molecule has 0 aromatic heterocycles. The molecule has 0 fully saturated rings. The average molecular weight is 391 g/mol. The molecule has 0 aliphatic rings. The van der Waals surface area contributed by atoms with E-state index < -0.39 is 10.9 Å². The number of carbonyl (C=O) groups is 1. The monoisotopic (exact) mass is 391 g/mol. The zero-order chi connectivity index (χ0) is 20.8. The summed E-state index contributed by atoms with van der Waals surface area (Å²) < 4.78 is 11.6. The summed E-state index contributed by atoms with van der Waals surface area (Å²) in [4.78, 5) is 21.7. The summed E-state index contributed by atoms with van der Waals surface area (Å²) in [7, 11) is 0. The van der Waals surface area contributed by atoms with Crippen molar-refractivity contribution in [1.29, 1.82) is 0 Å². The van der Waals surface area contributed by atoms with Gasteiger partial charge in [0, 0.05) is 23.8 Å². The maximum absolute atomic E-state index is 11.5. The van der Waals surface area contributed by atoms with Crippen molar-refractivity contribution in [2.75, 3.05) is 0 Å². The lowest BCUT2D eigenvalue weighted by atomic mass is 10.0. The molecular formula is C22H17NO6. The number of allylic oxidation sites excluding steroid dienone is 1. The topological polar surface area (TPSA) is 98.9 Å². The highest BCUT2D eigenvalue weighted by Gasteiger charge is 2.15. The minimum absolute atomic E-state index is 0.0238. The van der Waals surface area contributed by atoms with Crippen LogP contribution in [0.4, 0.5) is 5.69 Å². The standard InChI is InChI=1S/C22H17NO6/c1-2-19(22(24)25)20-8-3-4-9-21(20)29-18-7-5-6-17(14-18)28-16-12-10-15(11-13-16)23(26)27/h2-14H,1H3,(H,24,25)/b19-2+. The van der Waals surface area contributed by atoms with Gasteiger partial charge >= 0.3 is 5.97 Å². The van der Waals surface area contributed by atoms with E-state index in [0.717, 1.165) is 0 Å². The Hall–Kier alpha value is -4.13. The van der Waals surface area contributed by atoms with Crippen LogP contribution in [0.25, 0.3) is 5.57 Å². The van der Waals surface area contributed by atoms with Gasteiger partial charge in [0.2, 0.25) is 0 Å². The number of carboxylic acids is 1. The number of rotatable bonds is 7. The zero-order valence-electron chi connectivity index (χ0n) is 15.4. The van der Waals surface area contributed by atoms with Crippen LogP contribution < -0.4 is 9.47 Å². The SMILES string of the molecule is C/C=C(/C(=O)O)c1ccccc1Oc1cccc(Oc2ccc([N+](=O)[O-])cc2)c1. The highest BCUT2D eigenvalue weighted by molar-refractivity contribution is 6.16. The van der Waals surface area contributed by atoms with Crippen molar-refractivity contribution in [2.45, 2.75) is 6.92 Å². The number of aliphatic carboxylic acids is 1. The summed E-state index contributed by atoms with van der Waals surface area (Å²) in [5.41, 5.74) is 0.576. The minimum atomic E-state index is -1.04. The normalized spacial score (nSPS) is 11.0. The predicted octanol–water partition coefficient (Wildman–Crippen LogP) is 5.67. The van der Waals surface area contributed by atoms with Gasteiger partial charge in [-0.3, -0.25) is 10.1 Å². The maximum Gasteiger partial charge on any atom is 0.336 e. The summed E-state index contributed by atoms with van der Waals surface area (Å²) in [6, 6.07) is 19.4. The first kappa shape index (κ1) is 19.6. The summed E-state index contributed by atoms with van der Waals surface area (Å²) in [6.07, 6.45) is 1.51. The Morgan fingerprint density at radius 3 is 2.21 bits per heavy atom. The van der Waals surface area contributed by atoms with Crippen LogP contribution in [0.5, 0.6) is 23.0 Å². The Morgan fingerprint density at radius 1 is 0.931 bits per heavy atom. The maximum atomic E-state index is 11.5. The fraction of sp³-hybridized carbons (Fsp3) is 0.0455. The second kappa shape index (κ2) is 8.71. The molecular weight excluding hydrogens is 374 g/mol. The third kappa shape index (κ3) is 4.78. The number of hydrogen-bond donors (Lipinski definition) is 1. The number of carboxylic acid groups (broad SMARTS) is 1. The Kier molecular flexibility index (Phi) is 5.89. The first-order chi connectivity index (χ1) is 14.0. The number of ether oxygens (including phenoxy) is 2. The Balaban J connectivity index is 1.82. The number of para-hydroxylation sites is 1. The fourth-order valence-electron chi connectivity index (χ4n) is 2.67. The molecule has 0 radical (unpaired) electrons. The van der Waals surface area contributed by atoms with Gasteiger partial charge in [-0.25, -0.2) is 4.79 Å². The Morgan fingerprint density at radius 2 is 1.59 bits per heavy atom. The van der Waals surface area contributed by atoms with Gasteiger partial charge in [0.1, 0.15) is 23.0 Å². The molecule has 0 saturated carbocycles. The largest absolute Gasteiger partial charge is 0.478 e. The number of hydrogen-bond acceptors (Lipinski definition) is 5. The molecule has 3 rings (SSSR count). The molecule has 0 heterocycles. The third-order valence-electron chi connectivity index (χ3n) is 4.01. The molecule has 3 aromatic rings. The van der Waals surface area contributed by atoms with Crippen molar-refractivity contribution in [2.24, 2.45) is 0 Å². The average Bonchev–Trinajstić information content (AvgIpc) is 2.70. The van der Waals surface area contributed by atoms with Gasteiger partial charge in [-0.1, -0.05) is 30.3 Å². The Labute approximate surface area is 166 Å². The molecule has 29 heavy (non-hydrogen) atoms. The van der Waals surface area contributed by atoms with E-state index in [4.69, 9.17) is 9.47 Å². The zero-order valence-corrected chi connectivity index (χ0v) is 15.4. The first-order valence-corrected chi connectivity index (χ1v) is 8.67. The van der Waals surface area contributed by atoms with E-state index >= 15 is 0 Å². The van der Waals surface area contributed by atoms with Crippen molar-refractivity contribution in [3.63, 3.8) is 0 Å². The van der Waals surface area contributed by atoms with E-state index in [1.54, 1.807) is 55.5 Å². The molecule has 0 bridgehead atoms. The van der Waals surface area contributed by atoms with Crippen LogP contribution in [0.3, 0.4) is 0 Å². The number of non-ortho nitro benzene ring substituents is 1. The minimum Gasteiger partial charge on any atom is -0.478 e. The fourth-order valence-corrected chi connectivity index (χ4v) is 2.67. The summed E-state index contributed by atoms with van der Waals surface area (Å²) in [6.45, 7) is 1.65. The lowest BCUT2D eigenvalue weighted by molar-refractivity contribution is -0.384. The molecule has 0 atom stereocenters. The van der Waals surface area contributed by atoms with Gasteiger partial charge in [0.25, 0.3) is 5.69 Å². The van der Waals surface area contributed by atoms with Gasteiger partial charge < -0.3 is 14.6 Å². The van der Waals surface area contributed by atoms with Crippen LogP contribution in [0.15, 0.2) is 78.9 Å². The third-order valence-corrected chi connectivity index (χ3v) is 4.01. The molecule has 0 amide bonds. The summed E-state index contributed by atoms with van der Waals surface area (Å²) in [5.74, 6) is 0.723. The second-order valence-electron chi connectivity index (χ2n) is 5.93. The lowest BCUT2D eigenvalue weighted by Gasteiger charge is -2.13. The summed E-state index contributed by atoms with van der Waals surface area (Å²) >= 11 is 0.